The van der Waals surface area contributed by atoms with Crippen molar-refractivity contribution in [1.29, 1.82) is 0 Å². The van der Waals surface area contributed by atoms with E-state index in [1.165, 1.54) is 24.3 Å². The number of hydrogen-bond acceptors (Lipinski definition) is 6. The van der Waals surface area contributed by atoms with Gasteiger partial charge in [-0.15, -0.1) is 5.69 Å². The summed E-state index contributed by atoms with van der Waals surface area (Å²) >= 11 is 0. The van der Waals surface area contributed by atoms with Crippen LogP contribution in [0.2, 0.25) is 0 Å². The predicted octanol–water partition coefficient (Wildman–Crippen LogP) is 6.36. The largest absolute Gasteiger partial charge is 0.699 e. The number of aromatic nitrogens is 1. The molecule has 0 spiro atoms. The molecule has 1 aliphatic carbocycles. The molecule has 0 radical (unpaired) electrons. The van der Waals surface area contributed by atoms with Crippen molar-refractivity contribution < 1.29 is 33.3 Å². The number of carbonyl (C=O) groups is 2. The number of rotatable bonds is 7. The van der Waals surface area contributed by atoms with Gasteiger partial charge >= 0.3 is 5.97 Å². The molecular formula is C28H25FN3O6-. The van der Waals surface area contributed by atoms with E-state index >= 15 is 0 Å². The summed E-state index contributed by atoms with van der Waals surface area (Å²) in [4.78, 5) is 27.8. The van der Waals surface area contributed by atoms with Gasteiger partial charge in [0.1, 0.15) is 22.7 Å². The summed E-state index contributed by atoms with van der Waals surface area (Å²) in [6.07, 6.45) is 2.36. The van der Waals surface area contributed by atoms with Crippen molar-refractivity contribution in [2.24, 2.45) is 5.41 Å². The van der Waals surface area contributed by atoms with Crippen molar-refractivity contribution in [3.8, 4) is 23.0 Å². The van der Waals surface area contributed by atoms with Crippen LogP contribution in [0, 0.1) is 11.2 Å². The second-order valence-electron chi connectivity index (χ2n) is 8.51. The van der Waals surface area contributed by atoms with Crippen molar-refractivity contribution in [2.75, 3.05) is 19.5 Å². The van der Waals surface area contributed by atoms with Crippen LogP contribution in [0.5, 0.6) is 23.0 Å². The molecule has 3 N–H and O–H groups in total. The highest BCUT2D eigenvalue weighted by Gasteiger charge is 2.57. The van der Waals surface area contributed by atoms with Crippen LogP contribution in [0.3, 0.4) is 0 Å². The summed E-state index contributed by atoms with van der Waals surface area (Å²) in [7, 11) is 3.12. The lowest BCUT2D eigenvalue weighted by Gasteiger charge is -2.13. The molecule has 0 aliphatic heterocycles. The third-order valence-electron chi connectivity index (χ3n) is 5.99. The van der Waals surface area contributed by atoms with Crippen molar-refractivity contribution in [3.05, 3.63) is 84.5 Å². The maximum absolute atomic E-state index is 12.2. The van der Waals surface area contributed by atoms with Crippen LogP contribution in [0.15, 0.2) is 72.9 Å². The third kappa shape index (κ3) is 5.75. The molecule has 0 saturated heterocycles. The Morgan fingerprint density at radius 1 is 0.947 bits per heavy atom. The zero-order valence-electron chi connectivity index (χ0n) is 20.7. The lowest BCUT2D eigenvalue weighted by molar-refractivity contribution is -0.147. The Morgan fingerprint density at radius 3 is 2.13 bits per heavy atom. The summed E-state index contributed by atoms with van der Waals surface area (Å²) in [6.45, 7) is 0. The minimum absolute atomic E-state index is 0.291. The highest BCUT2D eigenvalue weighted by molar-refractivity contribution is 6.10. The van der Waals surface area contributed by atoms with E-state index in [-0.39, 0.29) is 5.82 Å². The number of pyridine rings is 1. The fraction of sp³-hybridized carbons (Fsp3) is 0.179. The van der Waals surface area contributed by atoms with E-state index in [9.17, 15) is 19.1 Å². The first-order valence-electron chi connectivity index (χ1n) is 11.6. The Bertz CT molecular complexity index is 1430. The standard InChI is InChI=1S/C22H20N2O6.C6H5FN/c1-28-18-11-15-16(12-19(18)29-2)23-10-7-17(15)30-14-5-3-13(4-6-14)24-20(25)22(8-9-22)21(26)27;7-5-1-3-6(8)4-2-5/h3-7,10-12H,8-9H2,1-2H3,(H,24,25)(H,26,27);1-4,8H/q;-1. The van der Waals surface area contributed by atoms with Gasteiger partial charge in [0.05, 0.1) is 19.7 Å². The summed E-state index contributed by atoms with van der Waals surface area (Å²) in [5.74, 6) is 0.399. The van der Waals surface area contributed by atoms with Crippen LogP contribution in [0.4, 0.5) is 15.8 Å². The first-order valence-corrected chi connectivity index (χ1v) is 11.6. The van der Waals surface area contributed by atoms with Crippen molar-refractivity contribution in [1.82, 2.24) is 4.98 Å². The number of hydrogen-bond donors (Lipinski definition) is 2. The zero-order chi connectivity index (χ0) is 27.3. The normalized spacial score (nSPS) is 13.0. The van der Waals surface area contributed by atoms with Crippen molar-refractivity contribution >= 4 is 34.2 Å². The Kier molecular flexibility index (Phi) is 7.61. The second kappa shape index (κ2) is 11.0. The molecule has 1 heterocycles. The number of carboxylic acids is 1. The Morgan fingerprint density at radius 2 is 1.58 bits per heavy atom. The fourth-order valence-corrected chi connectivity index (χ4v) is 3.63. The molecule has 10 heteroatoms. The Balaban J connectivity index is 0.000000360. The Hall–Kier alpha value is -4.86. The number of halogens is 1. The van der Waals surface area contributed by atoms with Gasteiger partial charge in [-0.2, -0.15) is 0 Å². The number of benzene rings is 3. The number of fused-ring (bicyclic) bond motifs is 1. The van der Waals surface area contributed by atoms with Gasteiger partial charge in [0.2, 0.25) is 5.91 Å². The number of nitrogens with zero attached hydrogens (tertiary/aromatic N) is 1. The maximum atomic E-state index is 12.2. The zero-order valence-corrected chi connectivity index (χ0v) is 20.7. The topological polar surface area (TPSA) is 131 Å². The fourth-order valence-electron chi connectivity index (χ4n) is 3.63. The van der Waals surface area contributed by atoms with Gasteiger partial charge < -0.3 is 30.4 Å². The van der Waals surface area contributed by atoms with Crippen LogP contribution >= 0.6 is 0 Å². The number of aliphatic carboxylic acids is 1. The number of methoxy groups -OCH3 is 2. The van der Waals surface area contributed by atoms with Gasteiger partial charge in [0.25, 0.3) is 0 Å². The summed E-state index contributed by atoms with van der Waals surface area (Å²) in [5.41, 5.74) is 7.18. The first kappa shape index (κ1) is 26.2. The SMILES string of the molecule is COc1cc2nccc(Oc3ccc(NC(=O)C4(C(=O)O)CC4)cc3)c2cc1OC.[NH-]c1ccc(F)cc1. The van der Waals surface area contributed by atoms with Crippen LogP contribution in [0.25, 0.3) is 16.6 Å². The van der Waals surface area contributed by atoms with E-state index in [0.717, 1.165) is 5.39 Å². The van der Waals surface area contributed by atoms with Crippen LogP contribution < -0.4 is 19.5 Å². The average molecular weight is 519 g/mol. The molecule has 0 bridgehead atoms. The molecular weight excluding hydrogens is 493 g/mol. The smallest absolute Gasteiger partial charge is 0.319 e. The van der Waals surface area contributed by atoms with E-state index in [1.54, 1.807) is 62.9 Å². The molecule has 1 aliphatic rings. The molecule has 0 unspecified atom stereocenters. The summed E-state index contributed by atoms with van der Waals surface area (Å²) in [6, 6.07) is 17.4. The molecule has 196 valence electrons. The molecule has 3 aromatic carbocycles. The molecule has 1 aromatic heterocycles. The molecule has 9 nitrogen and oxygen atoms in total. The molecule has 5 rings (SSSR count). The summed E-state index contributed by atoms with van der Waals surface area (Å²) < 4.78 is 28.7. The van der Waals surface area contributed by atoms with Gasteiger partial charge in [-0.25, -0.2) is 4.39 Å². The number of amides is 1. The summed E-state index contributed by atoms with van der Waals surface area (Å²) in [5, 5.41) is 12.6. The van der Waals surface area contributed by atoms with Crippen molar-refractivity contribution in [2.45, 2.75) is 12.8 Å². The molecule has 1 saturated carbocycles. The molecule has 0 atom stereocenters. The number of nitrogens with one attached hydrogen (secondary N) is 2. The molecule has 4 aromatic rings. The average Bonchev–Trinajstić information content (AvgIpc) is 3.74. The first-order chi connectivity index (χ1) is 18.3. The molecule has 1 fully saturated rings. The van der Waals surface area contributed by atoms with E-state index < -0.39 is 17.3 Å². The molecule has 1 amide bonds. The van der Waals surface area contributed by atoms with Crippen molar-refractivity contribution in [3.63, 3.8) is 0 Å². The van der Waals surface area contributed by atoms with E-state index in [1.807, 2.05) is 0 Å². The van der Waals surface area contributed by atoms with E-state index in [2.05, 4.69) is 10.3 Å². The highest BCUT2D eigenvalue weighted by Crippen LogP contribution is 2.46. The number of carbonyl (C=O) groups excluding carboxylic acids is 1. The highest BCUT2D eigenvalue weighted by atomic mass is 19.1. The second-order valence-corrected chi connectivity index (χ2v) is 8.51. The van der Waals surface area contributed by atoms with Gasteiger partial charge in [0.15, 0.2) is 11.5 Å². The maximum Gasteiger partial charge on any atom is 0.319 e. The van der Waals surface area contributed by atoms with Gasteiger partial charge in [-0.1, -0.05) is 12.1 Å². The number of ether oxygens (including phenoxy) is 3. The third-order valence-corrected chi connectivity index (χ3v) is 5.99. The lowest BCUT2D eigenvalue weighted by atomic mass is 10.1. The van der Waals surface area contributed by atoms with Crippen LogP contribution in [0.1, 0.15) is 12.8 Å². The number of carboxylic acid groups (broad SMARTS) is 1. The van der Waals surface area contributed by atoms with Crippen LogP contribution in [-0.2, 0) is 9.59 Å². The molecule has 38 heavy (non-hydrogen) atoms. The van der Waals surface area contributed by atoms with E-state index in [0.29, 0.717) is 52.7 Å². The Labute approximate surface area is 218 Å². The monoisotopic (exact) mass is 518 g/mol. The lowest BCUT2D eigenvalue weighted by Crippen LogP contribution is -2.31. The minimum Gasteiger partial charge on any atom is -0.699 e. The quantitative estimate of drug-likeness (QED) is 0.272. The minimum atomic E-state index is -1.29. The number of anilines is 1. The van der Waals surface area contributed by atoms with Crippen LogP contribution in [-0.4, -0.2) is 36.2 Å². The van der Waals surface area contributed by atoms with Gasteiger partial charge in [0, 0.05) is 23.3 Å². The predicted molar refractivity (Wildman–Crippen MR) is 140 cm³/mol. The van der Waals surface area contributed by atoms with E-state index in [4.69, 9.17) is 19.9 Å². The van der Waals surface area contributed by atoms with Gasteiger partial charge in [-0.3, -0.25) is 14.6 Å². The van der Waals surface area contributed by atoms with Gasteiger partial charge in [-0.05, 0) is 61.4 Å².